The maximum Gasteiger partial charge on any atom is 0.158 e. The third-order valence-corrected chi connectivity index (χ3v) is 1.54. The first-order valence-electron chi connectivity index (χ1n) is 2.76. The van der Waals surface area contributed by atoms with Crippen LogP contribution in [0.25, 0.3) is 0 Å². The van der Waals surface area contributed by atoms with Crippen LogP contribution in [0.1, 0.15) is 7.12 Å². The average Bonchev–Trinajstić information content (AvgIpc) is 1.88. The van der Waals surface area contributed by atoms with Crippen LogP contribution in [-0.4, -0.2) is 13.7 Å². The van der Waals surface area contributed by atoms with E-state index in [1.54, 1.807) is 24.4 Å². The third kappa shape index (κ3) is 3.82. The van der Waals surface area contributed by atoms with Gasteiger partial charge in [-0.05, 0) is 12.1 Å². The van der Waals surface area contributed by atoms with Crippen molar-refractivity contribution in [2.45, 2.75) is 5.75 Å². The lowest BCUT2D eigenvalue weighted by Gasteiger charge is -1.92. The molecule has 0 aliphatic carbocycles. The van der Waals surface area contributed by atoms with Gasteiger partial charge < -0.3 is 10.7 Å². The number of hydrogen-bond donors (Lipinski definition) is 2. The Morgan fingerprint density at radius 2 is 2.36 bits per heavy atom. The lowest BCUT2D eigenvalue weighted by molar-refractivity contribution is 0.563. The molecule has 1 aromatic heterocycles. The van der Waals surface area contributed by atoms with Crippen LogP contribution in [0, 0.1) is 0 Å². The fourth-order valence-electron chi connectivity index (χ4n) is 0.610. The molecule has 0 aromatic carbocycles. The van der Waals surface area contributed by atoms with Crippen LogP contribution >= 0.6 is 0 Å². The van der Waals surface area contributed by atoms with Crippen molar-refractivity contribution in [3.05, 3.63) is 30.1 Å². The Bertz CT molecular complexity index is 232. The molecule has 0 aliphatic heterocycles. The highest BCUT2D eigenvalue weighted by Gasteiger charge is 1.95. The summed E-state index contributed by atoms with van der Waals surface area (Å²) in [5.74, 6) is 0.112. The van der Waals surface area contributed by atoms with Gasteiger partial charge in [0.2, 0.25) is 0 Å². The van der Waals surface area contributed by atoms with E-state index in [4.69, 9.17) is 4.55 Å². The molecule has 1 heterocycles. The molecule has 0 bridgehead atoms. The van der Waals surface area contributed by atoms with E-state index in [-0.39, 0.29) is 13.3 Å². The second kappa shape index (κ2) is 4.95. The summed E-state index contributed by atoms with van der Waals surface area (Å²) < 4.78 is 18.7. The van der Waals surface area contributed by atoms with Gasteiger partial charge in [-0.1, -0.05) is 6.07 Å². The van der Waals surface area contributed by atoms with Gasteiger partial charge in [0.25, 0.3) is 0 Å². The molecule has 0 saturated carbocycles. The molecule has 5 heteroatoms. The number of rotatable bonds is 2. The lowest BCUT2D eigenvalue weighted by Crippen LogP contribution is -1.94. The minimum absolute atomic E-state index is 0. The third-order valence-electron chi connectivity index (χ3n) is 0.998. The summed E-state index contributed by atoms with van der Waals surface area (Å²) in [5, 5.41) is 0. The SMILES string of the molecule is N.O=S(O)Cc1ccccn1.[HH]. The van der Waals surface area contributed by atoms with Gasteiger partial charge in [-0.2, -0.15) is 0 Å². The van der Waals surface area contributed by atoms with E-state index in [1.165, 1.54) is 0 Å². The van der Waals surface area contributed by atoms with Crippen molar-refractivity contribution >= 4 is 11.1 Å². The van der Waals surface area contributed by atoms with E-state index in [1.807, 2.05) is 0 Å². The zero-order chi connectivity index (χ0) is 7.40. The van der Waals surface area contributed by atoms with E-state index in [9.17, 15) is 4.21 Å². The summed E-state index contributed by atoms with van der Waals surface area (Å²) in [7, 11) is 0. The van der Waals surface area contributed by atoms with E-state index in [2.05, 4.69) is 4.98 Å². The summed E-state index contributed by atoms with van der Waals surface area (Å²) in [6.07, 6.45) is 1.60. The van der Waals surface area contributed by atoms with Crippen LogP contribution in [0.5, 0.6) is 0 Å². The Morgan fingerprint density at radius 1 is 1.64 bits per heavy atom. The number of nitrogens with zero attached hydrogens (tertiary/aromatic N) is 1. The molecule has 0 saturated heterocycles. The quantitative estimate of drug-likeness (QED) is 0.663. The second-order valence-corrected chi connectivity index (χ2v) is 2.72. The summed E-state index contributed by atoms with van der Waals surface area (Å²) in [4.78, 5) is 3.87. The smallest absolute Gasteiger partial charge is 0.158 e. The average molecular weight is 176 g/mol. The highest BCUT2D eigenvalue weighted by molar-refractivity contribution is 7.78. The first-order valence-corrected chi connectivity index (χ1v) is 4.04. The Morgan fingerprint density at radius 3 is 2.82 bits per heavy atom. The van der Waals surface area contributed by atoms with Gasteiger partial charge >= 0.3 is 0 Å². The Kier molecular flexibility index (Phi) is 4.60. The van der Waals surface area contributed by atoms with Gasteiger partial charge in [-0.3, -0.25) is 4.98 Å². The van der Waals surface area contributed by atoms with Crippen LogP contribution in [-0.2, 0) is 16.8 Å². The minimum Gasteiger partial charge on any atom is -0.344 e. The molecule has 0 aliphatic rings. The van der Waals surface area contributed by atoms with Gasteiger partial charge in [0, 0.05) is 7.62 Å². The molecule has 4 nitrogen and oxygen atoms in total. The summed E-state index contributed by atoms with van der Waals surface area (Å²) >= 11 is -1.78. The molecular formula is C6H12N2O2S. The minimum atomic E-state index is -1.78. The van der Waals surface area contributed by atoms with Crippen LogP contribution in [0.3, 0.4) is 0 Å². The van der Waals surface area contributed by atoms with E-state index in [0.717, 1.165) is 0 Å². The maximum atomic E-state index is 10.2. The van der Waals surface area contributed by atoms with E-state index < -0.39 is 11.1 Å². The van der Waals surface area contributed by atoms with Crippen LogP contribution in [0.2, 0.25) is 0 Å². The molecular weight excluding hydrogens is 164 g/mol. The van der Waals surface area contributed by atoms with Crippen molar-refractivity contribution < 1.29 is 10.2 Å². The van der Waals surface area contributed by atoms with E-state index in [0.29, 0.717) is 5.69 Å². The van der Waals surface area contributed by atoms with Gasteiger partial charge in [-0.25, -0.2) is 4.21 Å². The standard InChI is InChI=1S/C6H7NO2S.H3N.H2/c8-10(9)5-6-3-1-2-4-7-6;;/h1-4H,5H2,(H,8,9);1H3;1H. The zero-order valence-corrected chi connectivity index (χ0v) is 6.75. The van der Waals surface area contributed by atoms with Crippen molar-refractivity contribution in [2.75, 3.05) is 0 Å². The number of aromatic nitrogens is 1. The largest absolute Gasteiger partial charge is 0.344 e. The highest BCUT2D eigenvalue weighted by Crippen LogP contribution is 1.95. The van der Waals surface area contributed by atoms with Crippen LogP contribution in [0.15, 0.2) is 24.4 Å². The summed E-state index contributed by atoms with van der Waals surface area (Å²) in [6.45, 7) is 0. The number of pyridine rings is 1. The van der Waals surface area contributed by atoms with E-state index >= 15 is 0 Å². The lowest BCUT2D eigenvalue weighted by atomic mass is 10.4. The normalized spacial score (nSPS) is 11.7. The van der Waals surface area contributed by atoms with Gasteiger partial charge in [0.15, 0.2) is 11.1 Å². The molecule has 64 valence electrons. The van der Waals surface area contributed by atoms with Crippen molar-refractivity contribution in [2.24, 2.45) is 0 Å². The fourth-order valence-corrected chi connectivity index (χ4v) is 1.03. The molecule has 0 spiro atoms. The molecule has 1 unspecified atom stereocenters. The second-order valence-electron chi connectivity index (χ2n) is 1.79. The topological polar surface area (TPSA) is 85.2 Å². The van der Waals surface area contributed by atoms with Crippen LogP contribution < -0.4 is 6.15 Å². The van der Waals surface area contributed by atoms with Crippen molar-refractivity contribution in [1.82, 2.24) is 11.1 Å². The van der Waals surface area contributed by atoms with Crippen LogP contribution in [0.4, 0.5) is 0 Å². The van der Waals surface area contributed by atoms with Gasteiger partial charge in [0.05, 0.1) is 11.4 Å². The summed E-state index contributed by atoms with van der Waals surface area (Å²) in [5.41, 5.74) is 0.642. The monoisotopic (exact) mass is 176 g/mol. The van der Waals surface area contributed by atoms with Crippen molar-refractivity contribution in [3.8, 4) is 0 Å². The first-order chi connectivity index (χ1) is 4.79. The summed E-state index contributed by atoms with van der Waals surface area (Å²) in [6, 6.07) is 5.27. The maximum absolute atomic E-state index is 10.2. The Hall–Kier alpha value is -0.780. The molecule has 1 atom stereocenters. The predicted octanol–water partition coefficient (Wildman–Crippen LogP) is 1.21. The molecule has 0 amide bonds. The molecule has 4 N–H and O–H groups in total. The number of hydrogen-bond acceptors (Lipinski definition) is 3. The molecule has 11 heavy (non-hydrogen) atoms. The Labute approximate surface area is 69.0 Å². The Balaban J connectivity index is 0. The van der Waals surface area contributed by atoms with Gasteiger partial charge in [-0.15, -0.1) is 0 Å². The van der Waals surface area contributed by atoms with Gasteiger partial charge in [0.1, 0.15) is 0 Å². The molecule has 1 rings (SSSR count). The van der Waals surface area contributed by atoms with Crippen molar-refractivity contribution in [1.29, 1.82) is 0 Å². The molecule has 0 radical (unpaired) electrons. The highest BCUT2D eigenvalue weighted by atomic mass is 32.2. The van der Waals surface area contributed by atoms with Crippen molar-refractivity contribution in [3.63, 3.8) is 0 Å². The molecule has 1 aromatic rings. The molecule has 0 fully saturated rings. The zero-order valence-electron chi connectivity index (χ0n) is 5.93. The predicted molar refractivity (Wildman–Crippen MR) is 45.8 cm³/mol. The fraction of sp³-hybridized carbons (Fsp3) is 0.167. The first kappa shape index (κ1) is 10.2.